The molecule has 0 fully saturated rings. The first kappa shape index (κ1) is 13.8. The van der Waals surface area contributed by atoms with Crippen LogP contribution in [0.1, 0.15) is 11.1 Å². The van der Waals surface area contributed by atoms with Gasteiger partial charge in [-0.05, 0) is 36.2 Å². The van der Waals surface area contributed by atoms with Crippen LogP contribution in [0.3, 0.4) is 0 Å². The molecule has 0 atom stereocenters. The van der Waals surface area contributed by atoms with E-state index in [2.05, 4.69) is 0 Å². The molecule has 0 heterocycles. The maximum Gasteiger partial charge on any atom is 0.147 e. The second-order valence-electron chi connectivity index (χ2n) is 4.40. The number of hydrogen-bond acceptors (Lipinski definition) is 2. The molecule has 0 aliphatic heterocycles. The highest BCUT2D eigenvalue weighted by Crippen LogP contribution is 2.22. The minimum atomic E-state index is -0.295. The zero-order valence-corrected chi connectivity index (χ0v) is 11.5. The van der Waals surface area contributed by atoms with Crippen LogP contribution < -0.4 is 0 Å². The fourth-order valence-electron chi connectivity index (χ4n) is 1.80. The number of aryl methyl sites for hydroxylation is 1. The van der Waals surface area contributed by atoms with Crippen molar-refractivity contribution in [3.63, 3.8) is 0 Å². The number of carbonyl (C=O) groups excluding carboxylic acids is 1. The van der Waals surface area contributed by atoms with Crippen molar-refractivity contribution in [3.8, 4) is 0 Å². The van der Waals surface area contributed by atoms with Gasteiger partial charge in [-0.2, -0.15) is 0 Å². The smallest absolute Gasteiger partial charge is 0.147 e. The highest BCUT2D eigenvalue weighted by Gasteiger charge is 2.06. The van der Waals surface area contributed by atoms with Crippen molar-refractivity contribution in [1.82, 2.24) is 0 Å². The van der Waals surface area contributed by atoms with E-state index < -0.39 is 0 Å². The summed E-state index contributed by atoms with van der Waals surface area (Å²) in [4.78, 5) is 13.0. The van der Waals surface area contributed by atoms with E-state index in [1.54, 1.807) is 12.1 Å². The Morgan fingerprint density at radius 2 is 1.95 bits per heavy atom. The molecule has 1 nitrogen and oxygen atoms in total. The lowest BCUT2D eigenvalue weighted by Crippen LogP contribution is -2.06. The van der Waals surface area contributed by atoms with Crippen molar-refractivity contribution >= 4 is 17.5 Å². The first-order valence-electron chi connectivity index (χ1n) is 6.10. The number of ketones is 1. The molecule has 0 N–H and O–H groups in total. The lowest BCUT2D eigenvalue weighted by molar-refractivity contribution is -0.116. The maximum absolute atomic E-state index is 13.0. The first-order chi connectivity index (χ1) is 9.15. The van der Waals surface area contributed by atoms with Crippen LogP contribution in [0, 0.1) is 12.7 Å². The van der Waals surface area contributed by atoms with E-state index in [9.17, 15) is 9.18 Å². The van der Waals surface area contributed by atoms with Gasteiger partial charge in [-0.15, -0.1) is 11.8 Å². The van der Waals surface area contributed by atoms with Crippen LogP contribution >= 0.6 is 11.8 Å². The molecule has 0 bridgehead atoms. The van der Waals surface area contributed by atoms with Crippen molar-refractivity contribution in [3.05, 3.63) is 65.5 Å². The molecule has 0 aliphatic rings. The molecule has 0 unspecified atom stereocenters. The average molecular weight is 274 g/mol. The van der Waals surface area contributed by atoms with E-state index in [0.717, 1.165) is 10.5 Å². The van der Waals surface area contributed by atoms with Crippen LogP contribution in [-0.4, -0.2) is 11.5 Å². The molecule has 2 aromatic rings. The summed E-state index contributed by atoms with van der Waals surface area (Å²) >= 11 is 1.54. The van der Waals surface area contributed by atoms with Crippen molar-refractivity contribution in [2.45, 2.75) is 18.2 Å². The molecular weight excluding hydrogens is 259 g/mol. The Hall–Kier alpha value is -1.61. The molecule has 2 aromatic carbocycles. The normalized spacial score (nSPS) is 10.4. The quantitative estimate of drug-likeness (QED) is 0.765. The lowest BCUT2D eigenvalue weighted by Gasteiger charge is -2.05. The van der Waals surface area contributed by atoms with Gasteiger partial charge in [0, 0.05) is 11.3 Å². The molecule has 0 saturated carbocycles. The summed E-state index contributed by atoms with van der Waals surface area (Å²) in [6.07, 6.45) is 0.288. The standard InChI is InChI=1S/C16H15FOS/c1-12-5-2-3-8-16(12)19-11-15(18)10-13-6-4-7-14(17)9-13/h2-9H,10-11H2,1H3. The SMILES string of the molecule is Cc1ccccc1SCC(=O)Cc1cccc(F)c1. The third-order valence-corrected chi connectivity index (χ3v) is 4.01. The number of carbonyl (C=O) groups is 1. The van der Waals surface area contributed by atoms with Gasteiger partial charge in [-0.25, -0.2) is 4.39 Å². The number of hydrogen-bond donors (Lipinski definition) is 0. The number of rotatable bonds is 5. The summed E-state index contributed by atoms with van der Waals surface area (Å²) in [5.74, 6) is 0.233. The number of thioether (sulfide) groups is 1. The second-order valence-corrected chi connectivity index (χ2v) is 5.42. The Labute approximate surface area is 116 Å². The monoisotopic (exact) mass is 274 g/mol. The lowest BCUT2D eigenvalue weighted by atomic mass is 10.1. The van der Waals surface area contributed by atoms with Gasteiger partial charge in [-0.1, -0.05) is 30.3 Å². The van der Waals surface area contributed by atoms with E-state index in [-0.39, 0.29) is 18.0 Å². The topological polar surface area (TPSA) is 17.1 Å². The van der Waals surface area contributed by atoms with Gasteiger partial charge in [-0.3, -0.25) is 4.79 Å². The van der Waals surface area contributed by atoms with Crippen molar-refractivity contribution < 1.29 is 9.18 Å². The van der Waals surface area contributed by atoms with E-state index >= 15 is 0 Å². The van der Waals surface area contributed by atoms with Gasteiger partial charge in [0.1, 0.15) is 11.6 Å². The largest absolute Gasteiger partial charge is 0.298 e. The summed E-state index contributed by atoms with van der Waals surface area (Å²) in [5, 5.41) is 0. The molecular formula is C16H15FOS. The highest BCUT2D eigenvalue weighted by molar-refractivity contribution is 8.00. The van der Waals surface area contributed by atoms with E-state index in [4.69, 9.17) is 0 Å². The van der Waals surface area contributed by atoms with Crippen LogP contribution in [0.4, 0.5) is 4.39 Å². The second kappa shape index (κ2) is 6.53. The van der Waals surface area contributed by atoms with Gasteiger partial charge >= 0.3 is 0 Å². The average Bonchev–Trinajstić information content (AvgIpc) is 2.38. The van der Waals surface area contributed by atoms with Crippen molar-refractivity contribution in [1.29, 1.82) is 0 Å². The Morgan fingerprint density at radius 3 is 2.68 bits per heavy atom. The van der Waals surface area contributed by atoms with E-state index in [0.29, 0.717) is 5.75 Å². The first-order valence-corrected chi connectivity index (χ1v) is 7.08. The van der Waals surface area contributed by atoms with Gasteiger partial charge < -0.3 is 0 Å². The summed E-state index contributed by atoms with van der Waals surface area (Å²) in [6, 6.07) is 14.2. The van der Waals surface area contributed by atoms with Crippen LogP contribution in [0.25, 0.3) is 0 Å². The Kier molecular flexibility index (Phi) is 4.74. The molecule has 0 spiro atoms. The fraction of sp³-hybridized carbons (Fsp3) is 0.188. The van der Waals surface area contributed by atoms with E-state index in [1.807, 2.05) is 31.2 Å². The van der Waals surface area contributed by atoms with Crippen LogP contribution in [0.5, 0.6) is 0 Å². The minimum Gasteiger partial charge on any atom is -0.298 e. The van der Waals surface area contributed by atoms with E-state index in [1.165, 1.54) is 29.5 Å². The Morgan fingerprint density at radius 1 is 1.16 bits per heavy atom. The molecule has 19 heavy (non-hydrogen) atoms. The predicted molar refractivity (Wildman–Crippen MR) is 77.0 cm³/mol. The van der Waals surface area contributed by atoms with Crippen LogP contribution in [-0.2, 0) is 11.2 Å². The highest BCUT2D eigenvalue weighted by atomic mass is 32.2. The molecule has 0 radical (unpaired) electrons. The molecule has 98 valence electrons. The summed E-state index contributed by atoms with van der Waals surface area (Å²) < 4.78 is 13.0. The third kappa shape index (κ3) is 4.21. The van der Waals surface area contributed by atoms with Gasteiger partial charge in [0.15, 0.2) is 0 Å². The molecule has 3 heteroatoms. The maximum atomic E-state index is 13.0. The molecule has 0 saturated heterocycles. The molecule has 0 aromatic heterocycles. The fourth-order valence-corrected chi connectivity index (χ4v) is 2.69. The van der Waals surface area contributed by atoms with Gasteiger partial charge in [0.25, 0.3) is 0 Å². The molecule has 0 aliphatic carbocycles. The molecule has 0 amide bonds. The minimum absolute atomic E-state index is 0.110. The predicted octanol–water partition coefficient (Wildman–Crippen LogP) is 4.04. The van der Waals surface area contributed by atoms with Crippen LogP contribution in [0.15, 0.2) is 53.4 Å². The van der Waals surface area contributed by atoms with Crippen molar-refractivity contribution in [2.24, 2.45) is 0 Å². The number of Topliss-reactive ketones (excluding diaryl/α,β-unsaturated/α-hetero) is 1. The van der Waals surface area contributed by atoms with Gasteiger partial charge in [0.05, 0.1) is 5.75 Å². The van der Waals surface area contributed by atoms with Gasteiger partial charge in [0.2, 0.25) is 0 Å². The Balaban J connectivity index is 1.90. The van der Waals surface area contributed by atoms with Crippen molar-refractivity contribution in [2.75, 3.05) is 5.75 Å². The Bertz CT molecular complexity index is 580. The summed E-state index contributed by atoms with van der Waals surface area (Å²) in [7, 11) is 0. The molecule has 2 rings (SSSR count). The number of halogens is 1. The zero-order valence-electron chi connectivity index (χ0n) is 10.7. The summed E-state index contributed by atoms with van der Waals surface area (Å²) in [6.45, 7) is 2.03. The zero-order chi connectivity index (χ0) is 13.7. The number of benzene rings is 2. The van der Waals surface area contributed by atoms with Crippen LogP contribution in [0.2, 0.25) is 0 Å². The summed E-state index contributed by atoms with van der Waals surface area (Å²) in [5.41, 5.74) is 1.90. The third-order valence-electron chi connectivity index (χ3n) is 2.77.